The lowest BCUT2D eigenvalue weighted by Crippen LogP contribution is -2.29. The molecule has 1 unspecified atom stereocenters. The largest absolute Gasteiger partial charge is 0.271 e. The first-order valence-corrected chi connectivity index (χ1v) is 6.70. The van der Waals surface area contributed by atoms with Crippen LogP contribution < -0.4 is 11.3 Å². The van der Waals surface area contributed by atoms with Crippen molar-refractivity contribution in [2.75, 3.05) is 0 Å². The lowest BCUT2D eigenvalue weighted by Gasteiger charge is -2.17. The van der Waals surface area contributed by atoms with Crippen LogP contribution in [0.1, 0.15) is 22.7 Å². The van der Waals surface area contributed by atoms with E-state index in [4.69, 9.17) is 5.84 Å². The van der Waals surface area contributed by atoms with Gasteiger partial charge in [0.25, 0.3) is 0 Å². The van der Waals surface area contributed by atoms with Gasteiger partial charge in [-0.2, -0.15) is 11.3 Å². The summed E-state index contributed by atoms with van der Waals surface area (Å²) in [5.41, 5.74) is 6.52. The summed E-state index contributed by atoms with van der Waals surface area (Å²) in [5.74, 6) is 5.65. The van der Waals surface area contributed by atoms with Gasteiger partial charge in [0.05, 0.1) is 6.04 Å². The van der Waals surface area contributed by atoms with Crippen LogP contribution in [0.4, 0.5) is 0 Å². The molecule has 2 aromatic rings. The first-order chi connectivity index (χ1) is 7.72. The molecule has 0 fully saturated rings. The van der Waals surface area contributed by atoms with E-state index in [0.29, 0.717) is 0 Å². The molecule has 0 saturated heterocycles. The number of hydrazine groups is 1. The van der Waals surface area contributed by atoms with E-state index in [9.17, 15) is 0 Å². The summed E-state index contributed by atoms with van der Waals surface area (Å²) in [6, 6.07) is 8.41. The molecule has 1 atom stereocenters. The number of nitrogens with two attached hydrogens (primary N) is 1. The Bertz CT molecular complexity index is 468. The Kier molecular flexibility index (Phi) is 3.76. The standard InChI is InChI=1S/C12H13BrN2S/c1-8-6-10(13)2-3-11(8)12(15-14)9-4-5-16-7-9/h2-7,12,15H,14H2,1H3. The highest BCUT2D eigenvalue weighted by molar-refractivity contribution is 9.10. The van der Waals surface area contributed by atoms with Crippen molar-refractivity contribution in [3.8, 4) is 0 Å². The van der Waals surface area contributed by atoms with Crippen LogP contribution in [0, 0.1) is 6.92 Å². The molecule has 1 aromatic heterocycles. The molecule has 0 aliphatic heterocycles. The number of halogens is 1. The fourth-order valence-corrected chi connectivity index (χ4v) is 2.93. The second-order valence-electron chi connectivity index (χ2n) is 3.66. The van der Waals surface area contributed by atoms with Crippen molar-refractivity contribution in [3.05, 3.63) is 56.2 Å². The molecule has 0 saturated carbocycles. The van der Waals surface area contributed by atoms with Crippen LogP contribution in [0.15, 0.2) is 39.5 Å². The van der Waals surface area contributed by atoms with E-state index < -0.39 is 0 Å². The zero-order valence-corrected chi connectivity index (χ0v) is 11.3. The van der Waals surface area contributed by atoms with Crippen LogP contribution >= 0.6 is 27.3 Å². The summed E-state index contributed by atoms with van der Waals surface area (Å²) >= 11 is 5.15. The molecule has 0 aliphatic rings. The summed E-state index contributed by atoms with van der Waals surface area (Å²) in [5, 5.41) is 4.18. The molecule has 16 heavy (non-hydrogen) atoms. The first kappa shape index (κ1) is 11.8. The Morgan fingerprint density at radius 2 is 2.19 bits per heavy atom. The Morgan fingerprint density at radius 3 is 2.75 bits per heavy atom. The highest BCUT2D eigenvalue weighted by atomic mass is 79.9. The Labute approximate surface area is 108 Å². The van der Waals surface area contributed by atoms with Gasteiger partial charge in [-0.25, -0.2) is 5.43 Å². The SMILES string of the molecule is Cc1cc(Br)ccc1C(NN)c1ccsc1. The second-order valence-corrected chi connectivity index (χ2v) is 5.35. The first-order valence-electron chi connectivity index (χ1n) is 4.96. The number of benzene rings is 1. The number of nitrogens with one attached hydrogen (secondary N) is 1. The van der Waals surface area contributed by atoms with Gasteiger partial charge < -0.3 is 0 Å². The minimum absolute atomic E-state index is 0.0688. The highest BCUT2D eigenvalue weighted by Gasteiger charge is 2.14. The molecule has 84 valence electrons. The van der Waals surface area contributed by atoms with Crippen LogP contribution in [0.25, 0.3) is 0 Å². The number of rotatable bonds is 3. The Balaban J connectivity index is 2.41. The Hall–Kier alpha value is -0.680. The monoisotopic (exact) mass is 296 g/mol. The van der Waals surface area contributed by atoms with E-state index in [2.05, 4.69) is 57.2 Å². The van der Waals surface area contributed by atoms with E-state index in [1.54, 1.807) is 11.3 Å². The van der Waals surface area contributed by atoms with Gasteiger partial charge >= 0.3 is 0 Å². The molecule has 0 spiro atoms. The maximum absolute atomic E-state index is 5.65. The summed E-state index contributed by atoms with van der Waals surface area (Å²) in [6.45, 7) is 2.09. The van der Waals surface area contributed by atoms with E-state index in [0.717, 1.165) is 4.47 Å². The third-order valence-electron chi connectivity index (χ3n) is 2.59. The maximum atomic E-state index is 5.65. The highest BCUT2D eigenvalue weighted by Crippen LogP contribution is 2.27. The lowest BCUT2D eigenvalue weighted by atomic mass is 9.97. The van der Waals surface area contributed by atoms with Gasteiger partial charge in [0, 0.05) is 4.47 Å². The molecular weight excluding hydrogens is 284 g/mol. The molecule has 2 rings (SSSR count). The number of hydrogen-bond acceptors (Lipinski definition) is 3. The molecule has 1 heterocycles. The second kappa shape index (κ2) is 5.10. The zero-order chi connectivity index (χ0) is 11.5. The third kappa shape index (κ3) is 2.35. The van der Waals surface area contributed by atoms with E-state index in [1.165, 1.54) is 16.7 Å². The minimum Gasteiger partial charge on any atom is -0.271 e. The third-order valence-corrected chi connectivity index (χ3v) is 3.78. The van der Waals surface area contributed by atoms with Crippen molar-refractivity contribution in [1.29, 1.82) is 0 Å². The number of aryl methyl sites for hydroxylation is 1. The topological polar surface area (TPSA) is 38.0 Å². The predicted octanol–water partition coefficient (Wildman–Crippen LogP) is 3.37. The quantitative estimate of drug-likeness (QED) is 0.673. The Morgan fingerprint density at radius 1 is 1.38 bits per heavy atom. The molecule has 2 nitrogen and oxygen atoms in total. The van der Waals surface area contributed by atoms with Crippen LogP contribution in [0.3, 0.4) is 0 Å². The van der Waals surface area contributed by atoms with Gasteiger partial charge in [-0.15, -0.1) is 0 Å². The summed E-state index contributed by atoms with van der Waals surface area (Å²) in [4.78, 5) is 0. The van der Waals surface area contributed by atoms with Crippen molar-refractivity contribution >= 4 is 27.3 Å². The van der Waals surface area contributed by atoms with Gasteiger partial charge in [0.15, 0.2) is 0 Å². The van der Waals surface area contributed by atoms with Crippen molar-refractivity contribution in [2.24, 2.45) is 5.84 Å². The van der Waals surface area contributed by atoms with Crippen molar-refractivity contribution in [3.63, 3.8) is 0 Å². The maximum Gasteiger partial charge on any atom is 0.0720 e. The van der Waals surface area contributed by atoms with Crippen molar-refractivity contribution in [2.45, 2.75) is 13.0 Å². The molecular formula is C12H13BrN2S. The lowest BCUT2D eigenvalue weighted by molar-refractivity contribution is 0.635. The van der Waals surface area contributed by atoms with E-state index in [-0.39, 0.29) is 6.04 Å². The van der Waals surface area contributed by atoms with Gasteiger partial charge in [-0.05, 0) is 52.6 Å². The van der Waals surface area contributed by atoms with Gasteiger partial charge in [0.2, 0.25) is 0 Å². The van der Waals surface area contributed by atoms with Gasteiger partial charge in [0.1, 0.15) is 0 Å². The van der Waals surface area contributed by atoms with E-state index >= 15 is 0 Å². The van der Waals surface area contributed by atoms with Crippen LogP contribution in [0.5, 0.6) is 0 Å². The molecule has 0 aliphatic carbocycles. The van der Waals surface area contributed by atoms with Crippen molar-refractivity contribution in [1.82, 2.24) is 5.43 Å². The molecule has 3 N–H and O–H groups in total. The molecule has 4 heteroatoms. The average molecular weight is 297 g/mol. The zero-order valence-electron chi connectivity index (χ0n) is 8.91. The van der Waals surface area contributed by atoms with Crippen LogP contribution in [-0.4, -0.2) is 0 Å². The smallest absolute Gasteiger partial charge is 0.0720 e. The number of thiophene rings is 1. The number of hydrogen-bond donors (Lipinski definition) is 2. The summed E-state index contributed by atoms with van der Waals surface area (Å²) in [7, 11) is 0. The normalized spacial score (nSPS) is 12.7. The summed E-state index contributed by atoms with van der Waals surface area (Å²) in [6.07, 6.45) is 0. The van der Waals surface area contributed by atoms with Gasteiger partial charge in [-0.1, -0.05) is 22.0 Å². The van der Waals surface area contributed by atoms with Crippen molar-refractivity contribution < 1.29 is 0 Å². The predicted molar refractivity (Wildman–Crippen MR) is 72.4 cm³/mol. The minimum atomic E-state index is 0.0688. The molecule has 0 bridgehead atoms. The van der Waals surface area contributed by atoms with Crippen LogP contribution in [0.2, 0.25) is 0 Å². The molecule has 0 radical (unpaired) electrons. The fourth-order valence-electron chi connectivity index (χ4n) is 1.77. The summed E-state index contributed by atoms with van der Waals surface area (Å²) < 4.78 is 1.09. The molecule has 1 aromatic carbocycles. The fraction of sp³-hybridized carbons (Fsp3) is 0.167. The van der Waals surface area contributed by atoms with Crippen LogP contribution in [-0.2, 0) is 0 Å². The average Bonchev–Trinajstić information content (AvgIpc) is 2.75. The van der Waals surface area contributed by atoms with Gasteiger partial charge in [-0.3, -0.25) is 5.84 Å². The molecule has 0 amide bonds. The van der Waals surface area contributed by atoms with E-state index in [1.807, 2.05) is 6.07 Å².